The molecule has 5 nitrogen and oxygen atoms in total. The Morgan fingerprint density at radius 2 is 2.18 bits per heavy atom. The van der Waals surface area contributed by atoms with E-state index < -0.39 is 0 Å². The van der Waals surface area contributed by atoms with Gasteiger partial charge in [0.2, 0.25) is 0 Å². The van der Waals surface area contributed by atoms with Gasteiger partial charge in [-0.15, -0.1) is 0 Å². The lowest BCUT2D eigenvalue weighted by Crippen LogP contribution is -1.97. The van der Waals surface area contributed by atoms with Crippen LogP contribution in [-0.2, 0) is 6.42 Å². The number of fused-ring (bicyclic) bond motifs is 1. The van der Waals surface area contributed by atoms with Gasteiger partial charge in [0.25, 0.3) is 0 Å². The molecule has 2 aromatic rings. The number of anilines is 4. The molecule has 1 aromatic carbocycles. The summed E-state index contributed by atoms with van der Waals surface area (Å²) in [7, 11) is 0. The van der Waals surface area contributed by atoms with Crippen molar-refractivity contribution in [2.75, 3.05) is 22.9 Å². The number of nitrogens with two attached hydrogens (primary N) is 1. The molecule has 86 valence electrons. The summed E-state index contributed by atoms with van der Waals surface area (Å²) >= 11 is 0. The molecule has 1 aliphatic rings. The zero-order valence-electron chi connectivity index (χ0n) is 9.27. The van der Waals surface area contributed by atoms with Crippen LogP contribution in [0.4, 0.5) is 23.0 Å². The van der Waals surface area contributed by atoms with Crippen molar-refractivity contribution >= 4 is 23.0 Å². The highest BCUT2D eigenvalue weighted by molar-refractivity contribution is 5.67. The predicted molar refractivity (Wildman–Crippen MR) is 68.4 cm³/mol. The van der Waals surface area contributed by atoms with E-state index in [1.54, 1.807) is 6.07 Å². The summed E-state index contributed by atoms with van der Waals surface area (Å²) in [4.78, 5) is 7.96. The molecule has 0 saturated carbocycles. The van der Waals surface area contributed by atoms with Crippen molar-refractivity contribution in [3.8, 4) is 0 Å². The maximum atomic E-state index is 5.60. The van der Waals surface area contributed by atoms with Gasteiger partial charge in [-0.05, 0) is 24.1 Å². The number of rotatable bonds is 2. The Kier molecular flexibility index (Phi) is 2.29. The average molecular weight is 227 g/mol. The Morgan fingerprint density at radius 1 is 1.24 bits per heavy atom. The van der Waals surface area contributed by atoms with Gasteiger partial charge >= 0.3 is 0 Å². The van der Waals surface area contributed by atoms with Gasteiger partial charge in [-0.25, -0.2) is 9.97 Å². The molecule has 4 N–H and O–H groups in total. The van der Waals surface area contributed by atoms with Gasteiger partial charge < -0.3 is 16.4 Å². The van der Waals surface area contributed by atoms with E-state index >= 15 is 0 Å². The molecule has 5 heteroatoms. The molecule has 1 aliphatic heterocycles. The second-order valence-electron chi connectivity index (χ2n) is 4.00. The quantitative estimate of drug-likeness (QED) is 0.729. The second-order valence-corrected chi connectivity index (χ2v) is 4.00. The first-order valence-corrected chi connectivity index (χ1v) is 5.52. The number of hydrogen-bond acceptors (Lipinski definition) is 5. The van der Waals surface area contributed by atoms with E-state index in [9.17, 15) is 0 Å². The Labute approximate surface area is 99.1 Å². The third-order valence-electron chi connectivity index (χ3n) is 2.78. The van der Waals surface area contributed by atoms with E-state index in [2.05, 4.69) is 32.7 Å². The lowest BCUT2D eigenvalue weighted by atomic mass is 10.1. The molecule has 17 heavy (non-hydrogen) atoms. The number of benzene rings is 1. The molecule has 1 aromatic heterocycles. The summed E-state index contributed by atoms with van der Waals surface area (Å²) in [5.41, 5.74) is 9.15. The topological polar surface area (TPSA) is 75.9 Å². The number of nitrogens with zero attached hydrogens (tertiary/aromatic N) is 2. The van der Waals surface area contributed by atoms with Crippen molar-refractivity contribution < 1.29 is 0 Å². The van der Waals surface area contributed by atoms with E-state index in [1.807, 2.05) is 6.07 Å². The van der Waals surface area contributed by atoms with Crippen LogP contribution in [0.25, 0.3) is 0 Å². The van der Waals surface area contributed by atoms with Crippen LogP contribution in [0.1, 0.15) is 5.56 Å². The smallest absolute Gasteiger partial charge is 0.135 e. The number of nitrogen functional groups attached to an aromatic ring is 1. The molecular weight excluding hydrogens is 214 g/mol. The van der Waals surface area contributed by atoms with Crippen molar-refractivity contribution in [1.29, 1.82) is 0 Å². The standard InChI is InChI=1S/C12H13N5/c13-11-6-12(16-7-15-11)17-9-2-1-8-3-4-14-10(8)5-9/h1-2,5-7,14H,3-4H2,(H3,13,15,16,17). The lowest BCUT2D eigenvalue weighted by Gasteiger charge is -2.07. The first-order valence-electron chi connectivity index (χ1n) is 5.52. The van der Waals surface area contributed by atoms with Crippen LogP contribution in [0.2, 0.25) is 0 Å². The van der Waals surface area contributed by atoms with E-state index in [4.69, 9.17) is 5.73 Å². The fraction of sp³-hybridized carbons (Fsp3) is 0.167. The third-order valence-corrected chi connectivity index (χ3v) is 2.78. The van der Waals surface area contributed by atoms with Gasteiger partial charge in [-0.1, -0.05) is 6.07 Å². The SMILES string of the molecule is Nc1cc(Nc2ccc3c(c2)NCC3)ncn1. The van der Waals surface area contributed by atoms with Crippen LogP contribution in [0.3, 0.4) is 0 Å². The summed E-state index contributed by atoms with van der Waals surface area (Å²) in [5.74, 6) is 1.16. The van der Waals surface area contributed by atoms with Crippen LogP contribution >= 0.6 is 0 Å². The lowest BCUT2D eigenvalue weighted by molar-refractivity contribution is 1.11. The highest BCUT2D eigenvalue weighted by Gasteiger charge is 2.09. The maximum absolute atomic E-state index is 5.60. The van der Waals surface area contributed by atoms with Crippen LogP contribution < -0.4 is 16.4 Å². The van der Waals surface area contributed by atoms with Crippen LogP contribution in [0.15, 0.2) is 30.6 Å². The fourth-order valence-electron chi connectivity index (χ4n) is 1.96. The highest BCUT2D eigenvalue weighted by atomic mass is 15.0. The van der Waals surface area contributed by atoms with Gasteiger partial charge in [0.1, 0.15) is 18.0 Å². The minimum Gasteiger partial charge on any atom is -0.384 e. The van der Waals surface area contributed by atoms with Gasteiger partial charge in [-0.2, -0.15) is 0 Å². The fourth-order valence-corrected chi connectivity index (χ4v) is 1.96. The molecule has 0 radical (unpaired) electrons. The maximum Gasteiger partial charge on any atom is 0.135 e. The number of nitrogens with one attached hydrogen (secondary N) is 2. The Morgan fingerprint density at radius 3 is 3.06 bits per heavy atom. The molecule has 0 unspecified atom stereocenters. The minimum absolute atomic E-state index is 0.460. The van der Waals surface area contributed by atoms with Gasteiger partial charge in [0.15, 0.2) is 0 Å². The highest BCUT2D eigenvalue weighted by Crippen LogP contribution is 2.27. The predicted octanol–water partition coefficient (Wildman–Crippen LogP) is 1.77. The van der Waals surface area contributed by atoms with Crippen LogP contribution in [0.5, 0.6) is 0 Å². The van der Waals surface area contributed by atoms with Gasteiger partial charge in [0, 0.05) is 24.0 Å². The van der Waals surface area contributed by atoms with Crippen LogP contribution in [0, 0.1) is 0 Å². The van der Waals surface area contributed by atoms with Crippen molar-refractivity contribution in [1.82, 2.24) is 9.97 Å². The van der Waals surface area contributed by atoms with Crippen molar-refractivity contribution in [2.45, 2.75) is 6.42 Å². The monoisotopic (exact) mass is 227 g/mol. The zero-order chi connectivity index (χ0) is 11.7. The first kappa shape index (κ1) is 9.89. The Bertz CT molecular complexity index is 552. The molecular formula is C12H13N5. The van der Waals surface area contributed by atoms with E-state index in [1.165, 1.54) is 17.6 Å². The Balaban J connectivity index is 1.86. The molecule has 0 spiro atoms. The van der Waals surface area contributed by atoms with Gasteiger partial charge in [0.05, 0.1) is 0 Å². The summed E-state index contributed by atoms with van der Waals surface area (Å²) in [5, 5.41) is 6.54. The third kappa shape index (κ3) is 1.99. The average Bonchev–Trinajstić information content (AvgIpc) is 2.76. The molecule has 3 rings (SSSR count). The van der Waals surface area contributed by atoms with Crippen molar-refractivity contribution in [3.05, 3.63) is 36.2 Å². The first-order chi connectivity index (χ1) is 8.31. The molecule has 2 heterocycles. The van der Waals surface area contributed by atoms with Crippen molar-refractivity contribution in [3.63, 3.8) is 0 Å². The number of aromatic nitrogens is 2. The molecule has 0 aliphatic carbocycles. The summed E-state index contributed by atoms with van der Waals surface area (Å²) in [6.45, 7) is 1.01. The van der Waals surface area contributed by atoms with E-state index in [0.29, 0.717) is 11.6 Å². The number of hydrogen-bond donors (Lipinski definition) is 3. The molecule has 0 saturated heterocycles. The summed E-state index contributed by atoms with van der Waals surface area (Å²) in [6.07, 6.45) is 2.54. The summed E-state index contributed by atoms with van der Waals surface area (Å²) < 4.78 is 0. The zero-order valence-corrected chi connectivity index (χ0v) is 9.27. The van der Waals surface area contributed by atoms with Gasteiger partial charge in [-0.3, -0.25) is 0 Å². The normalized spacial score (nSPS) is 12.9. The molecule has 0 bridgehead atoms. The van der Waals surface area contributed by atoms with E-state index in [-0.39, 0.29) is 0 Å². The molecule has 0 amide bonds. The minimum atomic E-state index is 0.460. The molecule has 0 atom stereocenters. The second kappa shape index (κ2) is 3.93. The summed E-state index contributed by atoms with van der Waals surface area (Å²) in [6, 6.07) is 7.97. The van der Waals surface area contributed by atoms with Crippen LogP contribution in [-0.4, -0.2) is 16.5 Å². The van der Waals surface area contributed by atoms with E-state index in [0.717, 1.165) is 18.7 Å². The van der Waals surface area contributed by atoms with Crippen molar-refractivity contribution in [2.24, 2.45) is 0 Å². The Hall–Kier alpha value is -2.30. The largest absolute Gasteiger partial charge is 0.384 e. The molecule has 0 fully saturated rings.